The number of hydrogen-bond donors (Lipinski definition) is 4. The van der Waals surface area contributed by atoms with Crippen molar-refractivity contribution in [1.82, 2.24) is 40.6 Å². The van der Waals surface area contributed by atoms with Gasteiger partial charge in [0.25, 0.3) is 5.91 Å². The van der Waals surface area contributed by atoms with Crippen molar-refractivity contribution in [2.45, 2.75) is 111 Å². The molecule has 4 fully saturated rings. The second kappa shape index (κ2) is 20.5. The van der Waals surface area contributed by atoms with Gasteiger partial charge in [-0.2, -0.15) is 5.26 Å². The van der Waals surface area contributed by atoms with Gasteiger partial charge >= 0.3 is 0 Å². The highest BCUT2D eigenvalue weighted by molar-refractivity contribution is 7.13. The van der Waals surface area contributed by atoms with Crippen LogP contribution in [0, 0.1) is 34.5 Å². The van der Waals surface area contributed by atoms with Gasteiger partial charge in [0, 0.05) is 87.4 Å². The normalized spacial score (nSPS) is 23.1. The van der Waals surface area contributed by atoms with E-state index in [-0.39, 0.29) is 61.3 Å². The van der Waals surface area contributed by atoms with E-state index >= 15 is 0 Å². The van der Waals surface area contributed by atoms with Crippen LogP contribution >= 0.6 is 22.9 Å². The fourth-order valence-electron chi connectivity index (χ4n) is 11.1. The van der Waals surface area contributed by atoms with Crippen molar-refractivity contribution in [2.75, 3.05) is 57.3 Å². The Morgan fingerprint density at radius 2 is 1.65 bits per heavy atom. The minimum Gasteiger partial charge on any atom is -0.489 e. The van der Waals surface area contributed by atoms with E-state index < -0.39 is 34.4 Å². The van der Waals surface area contributed by atoms with E-state index in [0.29, 0.717) is 41.0 Å². The smallest absolute Gasteiger partial charge is 0.253 e. The van der Waals surface area contributed by atoms with Crippen LogP contribution < -0.4 is 25.6 Å². The molecule has 3 aliphatic heterocycles. The summed E-state index contributed by atoms with van der Waals surface area (Å²) in [6, 6.07) is 16.8. The summed E-state index contributed by atoms with van der Waals surface area (Å²) >= 11 is 7.84. The van der Waals surface area contributed by atoms with Crippen LogP contribution in [0.25, 0.3) is 10.4 Å². The van der Waals surface area contributed by atoms with Crippen molar-refractivity contribution >= 4 is 52.4 Å². The van der Waals surface area contributed by atoms with Gasteiger partial charge in [0.1, 0.15) is 35.8 Å². The van der Waals surface area contributed by atoms with Gasteiger partial charge in [0.2, 0.25) is 17.7 Å². The number of carbonyl (C=O) groups excluding carboxylic acids is 4. The molecule has 5 heterocycles. The summed E-state index contributed by atoms with van der Waals surface area (Å²) in [5, 5.41) is 29.6. The Morgan fingerprint density at radius 1 is 0.958 bits per heavy atom. The lowest BCUT2D eigenvalue weighted by atomic mass is 9.49. The molecule has 0 bridgehead atoms. The predicted molar refractivity (Wildman–Crippen MR) is 274 cm³/mol. The SMILES string of the molecule is Cc1ncsc1-c1ccc([C@H](C)NC(=O)[C@@H]2C[C@@H](O)CN2C(=O)C(NC(=O)CN2CCN(C3CN(c4ccc(C(=O)NC5C(C)(C)C(Oc6ccc(C#N)c(Cl)c6)C5(C)C)cn4)C3)CC2)C(C)(C)C)cc1. The number of amides is 4. The number of thiazole rings is 1. The van der Waals surface area contributed by atoms with Crippen LogP contribution in [0.15, 0.2) is 66.3 Å². The van der Waals surface area contributed by atoms with Crippen molar-refractivity contribution < 1.29 is 29.0 Å². The van der Waals surface area contributed by atoms with E-state index in [9.17, 15) is 29.5 Å². The Labute approximate surface area is 426 Å². The maximum atomic E-state index is 14.3. The standard InChI is InChI=1S/C53H67ClN10O6S/c1-31(33-10-12-34(13-11-33)44-32(2)57-30-71-44)58-47(68)41-22-38(65)28-64(41)48(69)45(51(3,4)5)59-43(66)29-61-18-20-62(21-19-61)37-26-63(27-37)42-17-15-36(25-56-42)46(67)60-49-52(6,7)50(53(49,8)9)70-39-16-14-35(24-55)40(54)23-39/h10-17,23,25,30-31,37-38,41,45,49-50,65H,18-22,26-29H2,1-9H3,(H,58,68)(H,59,66)(H,60,67)/t31-,38+,41-,45?,49?,50?/m0/s1. The van der Waals surface area contributed by atoms with E-state index in [1.54, 1.807) is 35.7 Å². The van der Waals surface area contributed by atoms with E-state index in [1.807, 2.05) is 76.5 Å². The first-order valence-electron chi connectivity index (χ1n) is 24.5. The Kier molecular flexibility index (Phi) is 14.9. The number of nitrogens with one attached hydrogen (secondary N) is 3. The number of nitrogens with zero attached hydrogens (tertiary/aromatic N) is 7. The average Bonchev–Trinajstić information content (AvgIpc) is 3.93. The highest BCUT2D eigenvalue weighted by Gasteiger charge is 2.64. The number of aliphatic hydroxyl groups excluding tert-OH is 1. The summed E-state index contributed by atoms with van der Waals surface area (Å²) in [5.41, 5.74) is 4.17. The van der Waals surface area contributed by atoms with Crippen molar-refractivity contribution in [3.8, 4) is 22.3 Å². The zero-order valence-corrected chi connectivity index (χ0v) is 43.7. The molecule has 18 heteroatoms. The number of nitriles is 1. The number of anilines is 1. The Balaban J connectivity index is 0.776. The number of carbonyl (C=O) groups is 4. The number of rotatable bonds is 14. The highest BCUT2D eigenvalue weighted by Crippen LogP contribution is 2.55. The van der Waals surface area contributed by atoms with Gasteiger partial charge in [-0.15, -0.1) is 11.3 Å². The summed E-state index contributed by atoms with van der Waals surface area (Å²) in [6.07, 6.45) is 0.662. The largest absolute Gasteiger partial charge is 0.489 e. The maximum absolute atomic E-state index is 14.3. The lowest BCUT2D eigenvalue weighted by Crippen LogP contribution is -2.74. The summed E-state index contributed by atoms with van der Waals surface area (Å²) in [6.45, 7) is 22.5. The molecule has 4 N–H and O–H groups in total. The van der Waals surface area contributed by atoms with Crippen LogP contribution in [-0.4, -0.2) is 142 Å². The lowest BCUT2D eigenvalue weighted by Gasteiger charge is -2.63. The third-order valence-electron chi connectivity index (χ3n) is 15.0. The number of likely N-dealkylation sites (tertiary alicyclic amines) is 1. The van der Waals surface area contributed by atoms with Gasteiger partial charge in [0.05, 0.1) is 50.9 Å². The fourth-order valence-corrected chi connectivity index (χ4v) is 12.1. The molecule has 0 radical (unpaired) electrons. The van der Waals surface area contributed by atoms with Gasteiger partial charge in [-0.3, -0.25) is 29.0 Å². The molecule has 3 saturated heterocycles. The van der Waals surface area contributed by atoms with E-state index in [0.717, 1.165) is 53.7 Å². The summed E-state index contributed by atoms with van der Waals surface area (Å²) in [7, 11) is 0. The third-order valence-corrected chi connectivity index (χ3v) is 16.3. The Hall–Kier alpha value is -5.64. The second-order valence-electron chi connectivity index (χ2n) is 22.0. The van der Waals surface area contributed by atoms with Crippen LogP contribution in [0.4, 0.5) is 5.82 Å². The highest BCUT2D eigenvalue weighted by atomic mass is 35.5. The number of aromatic nitrogens is 2. The monoisotopic (exact) mass is 1010 g/mol. The van der Waals surface area contributed by atoms with Crippen molar-refractivity contribution in [2.24, 2.45) is 16.2 Å². The molecule has 8 rings (SSSR count). The number of aryl methyl sites for hydroxylation is 1. The summed E-state index contributed by atoms with van der Waals surface area (Å²) in [5.74, 6) is 0.188. The number of hydrogen-bond acceptors (Lipinski definition) is 13. The average molecular weight is 1010 g/mol. The van der Waals surface area contributed by atoms with E-state index in [1.165, 1.54) is 4.90 Å². The van der Waals surface area contributed by atoms with Crippen LogP contribution in [0.5, 0.6) is 5.75 Å². The van der Waals surface area contributed by atoms with Crippen LogP contribution in [0.3, 0.4) is 0 Å². The van der Waals surface area contributed by atoms with Crippen molar-refractivity contribution in [3.05, 3.63) is 93.7 Å². The first-order chi connectivity index (χ1) is 33.5. The first kappa shape index (κ1) is 51.7. The molecule has 1 unspecified atom stereocenters. The van der Waals surface area contributed by atoms with Gasteiger partial charge < -0.3 is 35.6 Å². The van der Waals surface area contributed by atoms with Crippen molar-refractivity contribution in [3.63, 3.8) is 0 Å². The van der Waals surface area contributed by atoms with Crippen molar-refractivity contribution in [1.29, 1.82) is 5.26 Å². The molecule has 1 aliphatic carbocycles. The number of benzene rings is 2. The minimum atomic E-state index is -0.909. The maximum Gasteiger partial charge on any atom is 0.253 e. The molecular weight excluding hydrogens is 940 g/mol. The molecule has 4 aromatic rings. The van der Waals surface area contributed by atoms with Gasteiger partial charge in [-0.25, -0.2) is 9.97 Å². The zero-order chi connectivity index (χ0) is 51.2. The second-order valence-corrected chi connectivity index (χ2v) is 23.2. The first-order valence-corrected chi connectivity index (χ1v) is 25.7. The molecule has 1 saturated carbocycles. The number of piperazine rings is 1. The van der Waals surface area contributed by atoms with Crippen LogP contribution in [-0.2, 0) is 14.4 Å². The Bertz CT molecular complexity index is 2630. The quantitative estimate of drug-likeness (QED) is 0.118. The molecule has 4 aliphatic rings. The number of halogens is 1. The molecule has 16 nitrogen and oxygen atoms in total. The minimum absolute atomic E-state index is 0.00562. The third kappa shape index (κ3) is 10.9. The fraction of sp³-hybridized carbons (Fsp3) is 0.528. The summed E-state index contributed by atoms with van der Waals surface area (Å²) < 4.78 is 6.38. The number of aliphatic hydroxyl groups is 1. The molecule has 4 atom stereocenters. The van der Waals surface area contributed by atoms with Gasteiger partial charge in [-0.05, 0) is 54.7 Å². The molecule has 2 aromatic carbocycles. The molecular formula is C53H67ClN10O6S. The zero-order valence-electron chi connectivity index (χ0n) is 42.2. The molecule has 71 heavy (non-hydrogen) atoms. The number of β-amino-alcohol motifs (C(OH)–C–C–N with tert-alkyl or cyclic N) is 1. The Morgan fingerprint density at radius 3 is 2.24 bits per heavy atom. The number of pyridine rings is 1. The molecule has 2 aromatic heterocycles. The number of ether oxygens (including phenoxy) is 1. The lowest BCUT2D eigenvalue weighted by molar-refractivity contribution is -0.164. The molecule has 0 spiro atoms. The predicted octanol–water partition coefficient (Wildman–Crippen LogP) is 5.83. The molecule has 4 amide bonds. The summed E-state index contributed by atoms with van der Waals surface area (Å²) in [4.78, 5) is 73.5. The topological polar surface area (TPSA) is 196 Å². The van der Waals surface area contributed by atoms with Crippen LogP contribution in [0.1, 0.15) is 95.0 Å². The van der Waals surface area contributed by atoms with Gasteiger partial charge in [0.15, 0.2) is 0 Å². The van der Waals surface area contributed by atoms with E-state index in [2.05, 4.69) is 74.4 Å². The van der Waals surface area contributed by atoms with Crippen LogP contribution in [0.2, 0.25) is 5.02 Å². The van der Waals surface area contributed by atoms with Gasteiger partial charge in [-0.1, -0.05) is 84.3 Å². The molecule has 378 valence electrons. The van der Waals surface area contributed by atoms with E-state index in [4.69, 9.17) is 16.3 Å².